The highest BCUT2D eigenvalue weighted by atomic mass is 16.5. The molecule has 5 nitrogen and oxygen atoms in total. The normalized spacial score (nSPS) is 11.5. The smallest absolute Gasteiger partial charge is 0.341 e. The van der Waals surface area contributed by atoms with Crippen molar-refractivity contribution in [1.29, 1.82) is 5.26 Å². The zero-order valence-corrected chi connectivity index (χ0v) is 19.3. The largest absolute Gasteiger partial charge is 0.486 e. The minimum absolute atomic E-state index is 0.117. The molecule has 1 N–H and O–H groups in total. The molecule has 0 saturated carbocycles. The number of aliphatic carboxylic acids is 1. The van der Waals surface area contributed by atoms with Crippen molar-refractivity contribution in [2.75, 3.05) is 6.61 Å². The van der Waals surface area contributed by atoms with E-state index in [1.165, 1.54) is 0 Å². The zero-order chi connectivity index (χ0) is 23.8. The van der Waals surface area contributed by atoms with E-state index in [2.05, 4.69) is 32.0 Å². The number of hydrogen-bond acceptors (Lipinski definition) is 4. The van der Waals surface area contributed by atoms with Crippen LogP contribution >= 0.6 is 0 Å². The standard InChI is InChI=1S/C28H29NO4/c1-4-5-9-27(33-23-14-15-26(19(2)16-23)32-18-28(30)31)25-8-6-7-24(20(25)3)22-12-10-21(17-29)11-13-22/h6-8,10-16,27H,4-5,9,18H2,1-3H3,(H,30,31). The molecule has 0 radical (unpaired) electrons. The van der Waals surface area contributed by atoms with Crippen LogP contribution in [-0.4, -0.2) is 17.7 Å². The molecule has 1 atom stereocenters. The van der Waals surface area contributed by atoms with Gasteiger partial charge in [-0.25, -0.2) is 4.79 Å². The van der Waals surface area contributed by atoms with E-state index in [0.717, 1.165) is 52.8 Å². The van der Waals surface area contributed by atoms with E-state index in [0.29, 0.717) is 11.3 Å². The highest BCUT2D eigenvalue weighted by Crippen LogP contribution is 2.35. The summed E-state index contributed by atoms with van der Waals surface area (Å²) in [5, 5.41) is 17.9. The number of carbonyl (C=O) groups is 1. The zero-order valence-electron chi connectivity index (χ0n) is 19.3. The summed E-state index contributed by atoms with van der Waals surface area (Å²) >= 11 is 0. The molecule has 0 aromatic heterocycles. The van der Waals surface area contributed by atoms with E-state index < -0.39 is 5.97 Å². The third-order valence-corrected chi connectivity index (χ3v) is 5.64. The number of benzene rings is 3. The second kappa shape index (κ2) is 11.2. The van der Waals surface area contributed by atoms with Crippen LogP contribution in [0.4, 0.5) is 0 Å². The Labute approximate surface area is 195 Å². The first-order valence-electron chi connectivity index (χ1n) is 11.1. The summed E-state index contributed by atoms with van der Waals surface area (Å²) in [6.07, 6.45) is 2.86. The van der Waals surface area contributed by atoms with Crippen LogP contribution in [0.15, 0.2) is 60.7 Å². The van der Waals surface area contributed by atoms with Gasteiger partial charge < -0.3 is 14.6 Å². The van der Waals surface area contributed by atoms with Gasteiger partial charge in [-0.1, -0.05) is 43.7 Å². The van der Waals surface area contributed by atoms with Crippen molar-refractivity contribution in [3.05, 3.63) is 82.9 Å². The van der Waals surface area contributed by atoms with E-state index in [4.69, 9.17) is 19.8 Å². The molecule has 3 aromatic carbocycles. The Morgan fingerprint density at radius 2 is 1.85 bits per heavy atom. The van der Waals surface area contributed by atoms with Crippen LogP contribution in [0.2, 0.25) is 0 Å². The first-order valence-corrected chi connectivity index (χ1v) is 11.1. The predicted molar refractivity (Wildman–Crippen MR) is 129 cm³/mol. The Morgan fingerprint density at radius 3 is 2.48 bits per heavy atom. The van der Waals surface area contributed by atoms with Gasteiger partial charge in [0.05, 0.1) is 11.6 Å². The number of carboxylic acid groups (broad SMARTS) is 1. The monoisotopic (exact) mass is 443 g/mol. The quantitative estimate of drug-likeness (QED) is 0.381. The number of hydrogen-bond donors (Lipinski definition) is 1. The maximum Gasteiger partial charge on any atom is 0.341 e. The van der Waals surface area contributed by atoms with E-state index in [9.17, 15) is 4.79 Å². The molecule has 3 rings (SSSR count). The highest BCUT2D eigenvalue weighted by Gasteiger charge is 2.18. The fourth-order valence-corrected chi connectivity index (χ4v) is 3.87. The van der Waals surface area contributed by atoms with Gasteiger partial charge in [0, 0.05) is 0 Å². The van der Waals surface area contributed by atoms with Crippen LogP contribution in [-0.2, 0) is 4.79 Å². The summed E-state index contributed by atoms with van der Waals surface area (Å²) in [6.45, 7) is 5.78. The maximum atomic E-state index is 10.8. The van der Waals surface area contributed by atoms with E-state index >= 15 is 0 Å². The molecule has 0 amide bonds. The summed E-state index contributed by atoms with van der Waals surface area (Å²) in [5.74, 6) is 0.250. The summed E-state index contributed by atoms with van der Waals surface area (Å²) in [7, 11) is 0. The lowest BCUT2D eigenvalue weighted by molar-refractivity contribution is -0.139. The highest BCUT2D eigenvalue weighted by molar-refractivity contribution is 5.69. The van der Waals surface area contributed by atoms with Gasteiger partial charge in [0.1, 0.15) is 17.6 Å². The summed E-state index contributed by atoms with van der Waals surface area (Å²) in [6, 6.07) is 21.5. The fraction of sp³-hybridized carbons (Fsp3) is 0.286. The molecule has 0 aliphatic rings. The van der Waals surface area contributed by atoms with Crippen LogP contribution in [0.5, 0.6) is 11.5 Å². The Hall–Kier alpha value is -3.78. The van der Waals surface area contributed by atoms with Gasteiger partial charge in [-0.15, -0.1) is 0 Å². The number of rotatable bonds is 10. The van der Waals surface area contributed by atoms with Crippen LogP contribution in [0, 0.1) is 25.2 Å². The average Bonchev–Trinajstić information content (AvgIpc) is 2.81. The van der Waals surface area contributed by atoms with Gasteiger partial charge in [0.25, 0.3) is 0 Å². The van der Waals surface area contributed by atoms with Gasteiger partial charge in [0.15, 0.2) is 6.61 Å². The van der Waals surface area contributed by atoms with Gasteiger partial charge in [-0.05, 0) is 84.8 Å². The number of aryl methyl sites for hydroxylation is 1. The second-order valence-corrected chi connectivity index (χ2v) is 8.07. The summed E-state index contributed by atoms with van der Waals surface area (Å²) in [4.78, 5) is 10.8. The summed E-state index contributed by atoms with van der Waals surface area (Å²) < 4.78 is 11.8. The molecular formula is C28H29NO4. The van der Waals surface area contributed by atoms with Crippen molar-refractivity contribution in [1.82, 2.24) is 0 Å². The topological polar surface area (TPSA) is 79.6 Å². The van der Waals surface area contributed by atoms with Gasteiger partial charge in [0.2, 0.25) is 0 Å². The lowest BCUT2D eigenvalue weighted by Crippen LogP contribution is -2.11. The van der Waals surface area contributed by atoms with Crippen molar-refractivity contribution in [2.45, 2.75) is 46.1 Å². The van der Waals surface area contributed by atoms with E-state index in [-0.39, 0.29) is 12.7 Å². The Kier molecular flexibility index (Phi) is 8.10. The predicted octanol–water partition coefficient (Wildman–Crippen LogP) is 6.62. The lowest BCUT2D eigenvalue weighted by atomic mass is 9.92. The maximum absolute atomic E-state index is 10.8. The van der Waals surface area contributed by atoms with Gasteiger partial charge in [-0.2, -0.15) is 5.26 Å². The van der Waals surface area contributed by atoms with Crippen molar-refractivity contribution in [2.24, 2.45) is 0 Å². The molecule has 0 aliphatic heterocycles. The molecule has 0 spiro atoms. The third-order valence-electron chi connectivity index (χ3n) is 5.64. The first-order chi connectivity index (χ1) is 15.9. The first kappa shape index (κ1) is 23.9. The molecule has 170 valence electrons. The van der Waals surface area contributed by atoms with Crippen molar-refractivity contribution in [3.63, 3.8) is 0 Å². The number of unbranched alkanes of at least 4 members (excludes halogenated alkanes) is 1. The minimum Gasteiger partial charge on any atom is -0.486 e. The Bertz CT molecular complexity index is 1150. The Balaban J connectivity index is 1.89. The van der Waals surface area contributed by atoms with Crippen LogP contribution < -0.4 is 9.47 Å². The Morgan fingerprint density at radius 1 is 1.09 bits per heavy atom. The molecule has 5 heteroatoms. The van der Waals surface area contributed by atoms with Crippen molar-refractivity contribution in [3.8, 4) is 28.7 Å². The van der Waals surface area contributed by atoms with E-state index in [1.807, 2.05) is 49.4 Å². The van der Waals surface area contributed by atoms with Gasteiger partial charge >= 0.3 is 5.97 Å². The molecular weight excluding hydrogens is 414 g/mol. The average molecular weight is 444 g/mol. The molecule has 0 aliphatic carbocycles. The lowest BCUT2D eigenvalue weighted by Gasteiger charge is -2.23. The van der Waals surface area contributed by atoms with Crippen molar-refractivity contribution >= 4 is 5.97 Å². The summed E-state index contributed by atoms with van der Waals surface area (Å²) in [5.41, 5.74) is 5.94. The molecule has 33 heavy (non-hydrogen) atoms. The number of carboxylic acids is 1. The second-order valence-electron chi connectivity index (χ2n) is 8.07. The number of nitriles is 1. The van der Waals surface area contributed by atoms with Gasteiger partial charge in [-0.3, -0.25) is 0 Å². The number of ether oxygens (including phenoxy) is 2. The number of nitrogens with zero attached hydrogens (tertiary/aromatic N) is 1. The molecule has 3 aromatic rings. The third kappa shape index (κ3) is 6.14. The fourth-order valence-electron chi connectivity index (χ4n) is 3.87. The molecule has 0 saturated heterocycles. The van der Waals surface area contributed by atoms with E-state index in [1.54, 1.807) is 6.07 Å². The minimum atomic E-state index is -1.01. The van der Waals surface area contributed by atoms with Crippen LogP contribution in [0.1, 0.15) is 54.5 Å². The SMILES string of the molecule is CCCCC(Oc1ccc(OCC(=O)O)c(C)c1)c1cccc(-c2ccc(C#N)cc2)c1C. The molecule has 0 heterocycles. The van der Waals surface area contributed by atoms with Crippen LogP contribution in [0.25, 0.3) is 11.1 Å². The molecule has 0 fully saturated rings. The van der Waals surface area contributed by atoms with Crippen LogP contribution in [0.3, 0.4) is 0 Å². The van der Waals surface area contributed by atoms with Crippen molar-refractivity contribution < 1.29 is 19.4 Å². The molecule has 1 unspecified atom stereocenters. The molecule has 0 bridgehead atoms.